The second kappa shape index (κ2) is 7.72. The molecule has 2 aromatic rings. The number of hydrogen-bond acceptors (Lipinski definition) is 5. The average Bonchev–Trinajstić information content (AvgIpc) is 2.56. The molecule has 0 fully saturated rings. The molecule has 132 valence electrons. The quantitative estimate of drug-likeness (QED) is 0.490. The number of sulfone groups is 1. The highest BCUT2D eigenvalue weighted by atomic mass is 35.5. The Morgan fingerprint density at radius 1 is 1.04 bits per heavy atom. The van der Waals surface area contributed by atoms with E-state index in [1.54, 1.807) is 43.3 Å². The van der Waals surface area contributed by atoms with Crippen LogP contribution in [0, 0.1) is 0 Å². The summed E-state index contributed by atoms with van der Waals surface area (Å²) in [6.07, 6.45) is 1.12. The van der Waals surface area contributed by atoms with Gasteiger partial charge in [0.1, 0.15) is 0 Å². The molecule has 0 unspecified atom stereocenters. The molecule has 0 aliphatic carbocycles. The fourth-order valence-electron chi connectivity index (χ4n) is 2.23. The van der Waals surface area contributed by atoms with Gasteiger partial charge in [0.15, 0.2) is 9.84 Å². The van der Waals surface area contributed by atoms with E-state index in [1.807, 2.05) is 0 Å². The van der Waals surface area contributed by atoms with Gasteiger partial charge in [-0.15, -0.1) is 0 Å². The Labute approximate surface area is 152 Å². The standard InChI is InChI=1S/C18H18ClNO4S/c1-3-24-18(21)16(12-4-8-14(19)9-5-12)17(20)13-6-10-15(11-7-13)25(2,22)23/h4-11H,3,20H2,1-2H3/b17-16-. The van der Waals surface area contributed by atoms with Crippen molar-refractivity contribution >= 4 is 38.7 Å². The average molecular weight is 380 g/mol. The lowest BCUT2D eigenvalue weighted by Crippen LogP contribution is -2.13. The SMILES string of the molecule is CCOC(=O)/C(=C(\N)c1ccc(S(C)(=O)=O)cc1)c1ccc(Cl)cc1. The molecule has 7 heteroatoms. The van der Waals surface area contributed by atoms with Crippen molar-refractivity contribution in [2.45, 2.75) is 11.8 Å². The van der Waals surface area contributed by atoms with Gasteiger partial charge < -0.3 is 10.5 Å². The number of rotatable bonds is 5. The van der Waals surface area contributed by atoms with Crippen molar-refractivity contribution in [1.82, 2.24) is 0 Å². The van der Waals surface area contributed by atoms with Crippen LogP contribution in [0.25, 0.3) is 11.3 Å². The van der Waals surface area contributed by atoms with Gasteiger partial charge in [0.05, 0.1) is 22.8 Å². The number of nitrogens with two attached hydrogens (primary N) is 1. The number of benzene rings is 2. The largest absolute Gasteiger partial charge is 0.462 e. The van der Waals surface area contributed by atoms with Gasteiger partial charge in [0.25, 0.3) is 0 Å². The molecule has 0 saturated carbocycles. The Morgan fingerprint density at radius 3 is 2.04 bits per heavy atom. The number of carbonyl (C=O) groups excluding carboxylic acids is 1. The zero-order valence-electron chi connectivity index (χ0n) is 13.8. The normalized spacial score (nSPS) is 12.4. The molecular weight excluding hydrogens is 362 g/mol. The molecule has 0 radical (unpaired) electrons. The van der Waals surface area contributed by atoms with E-state index < -0.39 is 15.8 Å². The molecule has 0 aliphatic rings. The molecule has 2 aromatic carbocycles. The minimum absolute atomic E-state index is 0.174. The third kappa shape index (κ3) is 4.61. The maximum Gasteiger partial charge on any atom is 0.340 e. The maximum atomic E-state index is 12.4. The van der Waals surface area contributed by atoms with Gasteiger partial charge in [-0.1, -0.05) is 35.9 Å². The molecule has 0 aliphatic heterocycles. The van der Waals surface area contributed by atoms with E-state index >= 15 is 0 Å². The predicted octanol–water partition coefficient (Wildman–Crippen LogP) is 3.13. The van der Waals surface area contributed by atoms with Gasteiger partial charge in [-0.3, -0.25) is 0 Å². The summed E-state index contributed by atoms with van der Waals surface area (Å²) in [6, 6.07) is 12.6. The smallest absolute Gasteiger partial charge is 0.340 e. The third-order valence-corrected chi connectivity index (χ3v) is 4.86. The molecule has 0 heterocycles. The summed E-state index contributed by atoms with van der Waals surface area (Å²) in [7, 11) is -3.31. The molecular formula is C18H18ClNO4S. The second-order valence-electron chi connectivity index (χ2n) is 5.31. The fraction of sp³-hybridized carbons (Fsp3) is 0.167. The van der Waals surface area contributed by atoms with Crippen molar-refractivity contribution in [3.05, 3.63) is 64.7 Å². The van der Waals surface area contributed by atoms with Gasteiger partial charge in [-0.2, -0.15) is 0 Å². The predicted molar refractivity (Wildman–Crippen MR) is 98.6 cm³/mol. The van der Waals surface area contributed by atoms with Crippen LogP contribution in [0.1, 0.15) is 18.1 Å². The number of halogens is 1. The first-order valence-corrected chi connectivity index (χ1v) is 9.74. The second-order valence-corrected chi connectivity index (χ2v) is 7.76. The number of ether oxygens (including phenoxy) is 1. The summed E-state index contributed by atoms with van der Waals surface area (Å²) >= 11 is 5.89. The van der Waals surface area contributed by atoms with Crippen LogP contribution < -0.4 is 5.73 Å². The molecule has 0 aromatic heterocycles. The van der Waals surface area contributed by atoms with Crippen LogP contribution in [0.15, 0.2) is 53.4 Å². The summed E-state index contributed by atoms with van der Waals surface area (Å²) in [5.74, 6) is -0.561. The van der Waals surface area contributed by atoms with E-state index in [0.29, 0.717) is 16.1 Å². The minimum Gasteiger partial charge on any atom is -0.462 e. The van der Waals surface area contributed by atoms with E-state index in [9.17, 15) is 13.2 Å². The lowest BCUT2D eigenvalue weighted by atomic mass is 10.00. The first-order valence-electron chi connectivity index (χ1n) is 7.47. The van der Waals surface area contributed by atoms with E-state index in [2.05, 4.69) is 0 Å². The van der Waals surface area contributed by atoms with Crippen molar-refractivity contribution in [1.29, 1.82) is 0 Å². The molecule has 2 rings (SSSR count). The molecule has 0 saturated heterocycles. The Balaban J connectivity index is 2.57. The Hall–Kier alpha value is -2.31. The number of esters is 1. The molecule has 0 atom stereocenters. The van der Waals surface area contributed by atoms with Crippen molar-refractivity contribution in [2.75, 3.05) is 12.9 Å². The molecule has 2 N–H and O–H groups in total. The van der Waals surface area contributed by atoms with Crippen LogP contribution in [0.4, 0.5) is 0 Å². The van der Waals surface area contributed by atoms with Crippen LogP contribution in [0.5, 0.6) is 0 Å². The highest BCUT2D eigenvalue weighted by molar-refractivity contribution is 7.90. The van der Waals surface area contributed by atoms with Crippen molar-refractivity contribution in [2.24, 2.45) is 5.73 Å². The molecule has 0 bridgehead atoms. The Kier molecular flexibility index (Phi) is 5.87. The lowest BCUT2D eigenvalue weighted by Gasteiger charge is -2.12. The summed E-state index contributed by atoms with van der Waals surface area (Å²) in [4.78, 5) is 12.6. The first-order chi connectivity index (χ1) is 11.7. The molecule has 0 amide bonds. The number of carbonyl (C=O) groups is 1. The van der Waals surface area contributed by atoms with Crippen LogP contribution in [-0.4, -0.2) is 27.2 Å². The van der Waals surface area contributed by atoms with Crippen LogP contribution >= 0.6 is 11.6 Å². The van der Waals surface area contributed by atoms with Gasteiger partial charge in [-0.25, -0.2) is 13.2 Å². The fourth-order valence-corrected chi connectivity index (χ4v) is 2.99. The zero-order valence-corrected chi connectivity index (χ0v) is 15.4. The van der Waals surface area contributed by atoms with Crippen LogP contribution in [-0.2, 0) is 19.4 Å². The topological polar surface area (TPSA) is 86.5 Å². The zero-order chi connectivity index (χ0) is 18.6. The van der Waals surface area contributed by atoms with Gasteiger partial charge in [0.2, 0.25) is 0 Å². The molecule has 0 spiro atoms. The van der Waals surface area contributed by atoms with E-state index in [4.69, 9.17) is 22.1 Å². The first kappa shape index (κ1) is 19.0. The highest BCUT2D eigenvalue weighted by Crippen LogP contribution is 2.26. The highest BCUT2D eigenvalue weighted by Gasteiger charge is 2.19. The van der Waals surface area contributed by atoms with E-state index in [1.165, 1.54) is 12.1 Å². The summed E-state index contributed by atoms with van der Waals surface area (Å²) in [6.45, 7) is 1.91. The van der Waals surface area contributed by atoms with Crippen LogP contribution in [0.3, 0.4) is 0 Å². The van der Waals surface area contributed by atoms with Crippen molar-refractivity contribution in [3.63, 3.8) is 0 Å². The monoisotopic (exact) mass is 379 g/mol. The molecule has 5 nitrogen and oxygen atoms in total. The maximum absolute atomic E-state index is 12.4. The van der Waals surface area contributed by atoms with Gasteiger partial charge in [-0.05, 0) is 42.3 Å². The lowest BCUT2D eigenvalue weighted by molar-refractivity contribution is -0.136. The summed E-state index contributed by atoms with van der Waals surface area (Å²) < 4.78 is 28.2. The number of hydrogen-bond donors (Lipinski definition) is 1. The van der Waals surface area contributed by atoms with Crippen molar-refractivity contribution in [3.8, 4) is 0 Å². The summed E-state index contributed by atoms with van der Waals surface area (Å²) in [5.41, 5.74) is 7.67. The van der Waals surface area contributed by atoms with Crippen molar-refractivity contribution < 1.29 is 17.9 Å². The minimum atomic E-state index is -3.31. The van der Waals surface area contributed by atoms with E-state index in [-0.39, 0.29) is 22.8 Å². The Bertz CT molecular complexity index is 901. The molecule has 25 heavy (non-hydrogen) atoms. The van der Waals surface area contributed by atoms with Crippen LogP contribution in [0.2, 0.25) is 5.02 Å². The van der Waals surface area contributed by atoms with Gasteiger partial charge >= 0.3 is 5.97 Å². The van der Waals surface area contributed by atoms with Gasteiger partial charge in [0, 0.05) is 11.3 Å². The third-order valence-electron chi connectivity index (χ3n) is 3.48. The Morgan fingerprint density at radius 2 is 1.56 bits per heavy atom. The van der Waals surface area contributed by atoms with E-state index in [0.717, 1.165) is 6.26 Å². The summed E-state index contributed by atoms with van der Waals surface area (Å²) in [5, 5.41) is 0.531.